The molecule has 128 valence electrons. The monoisotopic (exact) mass is 330 g/mol. The highest BCUT2D eigenvalue weighted by Gasteiger charge is 2.23. The van der Waals surface area contributed by atoms with Crippen LogP contribution in [0, 0.1) is 0 Å². The van der Waals surface area contributed by atoms with Crippen molar-refractivity contribution in [3.63, 3.8) is 0 Å². The molecular formula is C17H22N4O3. The van der Waals surface area contributed by atoms with E-state index in [0.29, 0.717) is 32.1 Å². The smallest absolute Gasteiger partial charge is 0.407 e. The predicted molar refractivity (Wildman–Crippen MR) is 89.8 cm³/mol. The van der Waals surface area contributed by atoms with E-state index in [2.05, 4.69) is 28.3 Å². The Balaban J connectivity index is 1.54. The van der Waals surface area contributed by atoms with E-state index in [-0.39, 0.29) is 0 Å². The lowest BCUT2D eigenvalue weighted by atomic mass is 9.93. The second-order valence-electron chi connectivity index (χ2n) is 6.47. The van der Waals surface area contributed by atoms with Crippen LogP contribution in [-0.4, -0.2) is 65.1 Å². The average Bonchev–Trinajstić information content (AvgIpc) is 3.05. The van der Waals surface area contributed by atoms with Crippen LogP contribution in [0.3, 0.4) is 0 Å². The Morgan fingerprint density at radius 1 is 1.17 bits per heavy atom. The minimum Gasteiger partial charge on any atom is -0.465 e. The van der Waals surface area contributed by atoms with E-state index in [1.54, 1.807) is 0 Å². The molecule has 4 rings (SSSR count). The molecule has 2 fully saturated rings. The van der Waals surface area contributed by atoms with Crippen molar-refractivity contribution in [1.29, 1.82) is 0 Å². The van der Waals surface area contributed by atoms with Crippen LogP contribution in [-0.2, 0) is 4.74 Å². The Bertz CT molecular complexity index is 731. The first-order chi connectivity index (χ1) is 11.7. The molecule has 0 aliphatic carbocycles. The number of hydrogen-bond acceptors (Lipinski definition) is 4. The van der Waals surface area contributed by atoms with Crippen LogP contribution >= 0.6 is 0 Å². The van der Waals surface area contributed by atoms with Crippen LogP contribution in [0.5, 0.6) is 0 Å². The van der Waals surface area contributed by atoms with E-state index in [4.69, 9.17) is 9.84 Å². The molecule has 4 heterocycles. The lowest BCUT2D eigenvalue weighted by Gasteiger charge is -2.34. The highest BCUT2D eigenvalue weighted by Crippen LogP contribution is 2.29. The van der Waals surface area contributed by atoms with Crippen molar-refractivity contribution in [2.75, 3.05) is 44.3 Å². The van der Waals surface area contributed by atoms with E-state index < -0.39 is 6.09 Å². The number of carboxylic acid groups (broad SMARTS) is 1. The maximum absolute atomic E-state index is 11.0. The third-order valence-corrected chi connectivity index (χ3v) is 5.10. The van der Waals surface area contributed by atoms with Gasteiger partial charge in [0, 0.05) is 45.6 Å². The molecule has 0 saturated carbocycles. The number of hydrogen-bond donors (Lipinski definition) is 1. The molecule has 1 amide bonds. The van der Waals surface area contributed by atoms with Crippen LogP contribution in [0.4, 0.5) is 10.5 Å². The Kier molecular flexibility index (Phi) is 4.02. The first-order valence-corrected chi connectivity index (χ1v) is 8.50. The number of nitrogens with zero attached hydrogens (tertiary/aromatic N) is 4. The fourth-order valence-electron chi connectivity index (χ4n) is 3.64. The molecule has 2 aromatic rings. The molecule has 2 aliphatic rings. The van der Waals surface area contributed by atoms with Gasteiger partial charge in [-0.2, -0.15) is 5.10 Å². The van der Waals surface area contributed by atoms with Gasteiger partial charge in [0.15, 0.2) is 0 Å². The summed E-state index contributed by atoms with van der Waals surface area (Å²) >= 11 is 0. The van der Waals surface area contributed by atoms with Crippen molar-refractivity contribution >= 4 is 17.3 Å². The summed E-state index contributed by atoms with van der Waals surface area (Å²) in [6, 6.07) is 4.33. The lowest BCUT2D eigenvalue weighted by Crippen LogP contribution is -2.48. The Hall–Kier alpha value is -2.28. The number of amides is 1. The van der Waals surface area contributed by atoms with E-state index in [9.17, 15) is 4.79 Å². The van der Waals surface area contributed by atoms with E-state index in [0.717, 1.165) is 37.3 Å². The SMILES string of the molecule is O=C(O)N1CCN(c2cnn3cc(C4CCOCC4)ccc23)CC1. The molecule has 0 unspecified atom stereocenters. The molecule has 24 heavy (non-hydrogen) atoms. The Labute approximate surface area is 140 Å². The largest absolute Gasteiger partial charge is 0.465 e. The second-order valence-corrected chi connectivity index (χ2v) is 6.47. The third-order valence-electron chi connectivity index (χ3n) is 5.10. The zero-order valence-electron chi connectivity index (χ0n) is 13.6. The summed E-state index contributed by atoms with van der Waals surface area (Å²) in [5.74, 6) is 0.551. The van der Waals surface area contributed by atoms with Gasteiger partial charge in [0.25, 0.3) is 0 Å². The minimum atomic E-state index is -0.837. The lowest BCUT2D eigenvalue weighted by molar-refractivity contribution is 0.0852. The Morgan fingerprint density at radius 3 is 2.62 bits per heavy atom. The average molecular weight is 330 g/mol. The Morgan fingerprint density at radius 2 is 1.92 bits per heavy atom. The van der Waals surface area contributed by atoms with Gasteiger partial charge in [0.2, 0.25) is 0 Å². The van der Waals surface area contributed by atoms with Gasteiger partial charge >= 0.3 is 6.09 Å². The number of fused-ring (bicyclic) bond motifs is 1. The van der Waals surface area contributed by atoms with Gasteiger partial charge in [-0.1, -0.05) is 6.07 Å². The molecular weight excluding hydrogens is 308 g/mol. The van der Waals surface area contributed by atoms with Gasteiger partial charge in [-0.3, -0.25) is 0 Å². The van der Waals surface area contributed by atoms with Gasteiger partial charge in [0.1, 0.15) is 0 Å². The normalized spacial score (nSPS) is 19.8. The number of anilines is 1. The molecule has 0 spiro atoms. The number of piperazine rings is 1. The zero-order chi connectivity index (χ0) is 16.5. The third kappa shape index (κ3) is 2.80. The van der Waals surface area contributed by atoms with Crippen molar-refractivity contribution in [3.8, 4) is 0 Å². The highest BCUT2D eigenvalue weighted by molar-refractivity contribution is 5.73. The molecule has 7 heteroatoms. The molecule has 0 radical (unpaired) electrons. The standard InChI is InChI=1S/C17H22N4O3/c22-17(23)20-7-5-19(6-8-20)16-11-18-21-12-14(1-2-15(16)21)13-3-9-24-10-4-13/h1-2,11-13H,3-10H2,(H,22,23). The molecule has 2 saturated heterocycles. The summed E-state index contributed by atoms with van der Waals surface area (Å²) in [4.78, 5) is 14.7. The fourth-order valence-corrected chi connectivity index (χ4v) is 3.64. The van der Waals surface area contributed by atoms with Crippen LogP contribution in [0.25, 0.3) is 5.52 Å². The van der Waals surface area contributed by atoms with Gasteiger partial charge in [-0.05, 0) is 30.4 Å². The van der Waals surface area contributed by atoms with E-state index >= 15 is 0 Å². The minimum absolute atomic E-state index is 0.535. The second kappa shape index (κ2) is 6.32. The molecule has 2 aliphatic heterocycles. The molecule has 0 bridgehead atoms. The van der Waals surface area contributed by atoms with Crippen molar-refractivity contribution in [3.05, 3.63) is 30.1 Å². The van der Waals surface area contributed by atoms with Crippen LogP contribution < -0.4 is 4.90 Å². The number of aromatic nitrogens is 2. The van der Waals surface area contributed by atoms with Crippen LogP contribution in [0.15, 0.2) is 24.5 Å². The van der Waals surface area contributed by atoms with Gasteiger partial charge < -0.3 is 19.6 Å². The molecule has 1 N–H and O–H groups in total. The van der Waals surface area contributed by atoms with Crippen molar-refractivity contribution in [2.24, 2.45) is 0 Å². The van der Waals surface area contributed by atoms with Crippen molar-refractivity contribution < 1.29 is 14.6 Å². The van der Waals surface area contributed by atoms with Crippen LogP contribution in [0.1, 0.15) is 24.3 Å². The summed E-state index contributed by atoms with van der Waals surface area (Å²) in [5.41, 5.74) is 3.48. The van der Waals surface area contributed by atoms with E-state index in [1.165, 1.54) is 10.5 Å². The fraction of sp³-hybridized carbons (Fsp3) is 0.529. The quantitative estimate of drug-likeness (QED) is 0.912. The molecule has 2 aromatic heterocycles. The highest BCUT2D eigenvalue weighted by atomic mass is 16.5. The number of carbonyl (C=O) groups is 1. The van der Waals surface area contributed by atoms with Gasteiger partial charge in [0.05, 0.1) is 17.4 Å². The summed E-state index contributed by atoms with van der Waals surface area (Å²) in [5, 5.41) is 13.6. The van der Waals surface area contributed by atoms with Crippen LogP contribution in [0.2, 0.25) is 0 Å². The predicted octanol–water partition coefficient (Wildman–Crippen LogP) is 2.03. The van der Waals surface area contributed by atoms with Gasteiger partial charge in [-0.15, -0.1) is 0 Å². The summed E-state index contributed by atoms with van der Waals surface area (Å²) in [6.45, 7) is 4.15. The number of pyridine rings is 1. The summed E-state index contributed by atoms with van der Waals surface area (Å²) < 4.78 is 7.39. The molecule has 0 aromatic carbocycles. The van der Waals surface area contributed by atoms with Gasteiger partial charge in [-0.25, -0.2) is 9.31 Å². The van der Waals surface area contributed by atoms with Crippen molar-refractivity contribution in [1.82, 2.24) is 14.5 Å². The van der Waals surface area contributed by atoms with Crippen molar-refractivity contribution in [2.45, 2.75) is 18.8 Å². The topological polar surface area (TPSA) is 70.3 Å². The first kappa shape index (κ1) is 15.3. The maximum Gasteiger partial charge on any atom is 0.407 e. The molecule has 0 atom stereocenters. The zero-order valence-corrected chi connectivity index (χ0v) is 13.6. The maximum atomic E-state index is 11.0. The first-order valence-electron chi connectivity index (χ1n) is 8.50. The summed E-state index contributed by atoms with van der Waals surface area (Å²) in [6.07, 6.45) is 5.31. The summed E-state index contributed by atoms with van der Waals surface area (Å²) in [7, 11) is 0. The molecule has 7 nitrogen and oxygen atoms in total. The number of rotatable bonds is 2. The number of ether oxygens (including phenoxy) is 1. The van der Waals surface area contributed by atoms with E-state index in [1.807, 2.05) is 10.7 Å².